The highest BCUT2D eigenvalue weighted by Crippen LogP contribution is 2.17. The van der Waals surface area contributed by atoms with Crippen LogP contribution in [0.25, 0.3) is 0 Å². The van der Waals surface area contributed by atoms with Gasteiger partial charge >= 0.3 is 0 Å². The molecule has 0 aliphatic carbocycles. The minimum absolute atomic E-state index is 0.119. The van der Waals surface area contributed by atoms with Gasteiger partial charge in [0.2, 0.25) is 0 Å². The summed E-state index contributed by atoms with van der Waals surface area (Å²) >= 11 is 0. The van der Waals surface area contributed by atoms with E-state index in [-0.39, 0.29) is 11.8 Å². The lowest BCUT2D eigenvalue weighted by Gasteiger charge is -2.23. The number of aromatic nitrogens is 4. The van der Waals surface area contributed by atoms with E-state index in [0.717, 1.165) is 12.4 Å². The second kappa shape index (κ2) is 6.65. The van der Waals surface area contributed by atoms with E-state index in [1.165, 1.54) is 12.4 Å². The molecule has 116 valence electrons. The van der Waals surface area contributed by atoms with E-state index in [1.807, 2.05) is 13.1 Å². The molecular formula is C15H19N5O2. The summed E-state index contributed by atoms with van der Waals surface area (Å²) in [6.45, 7) is 5.18. The number of amides is 1. The number of ether oxygens (including phenoxy) is 1. The molecule has 2 aromatic rings. The topological polar surface area (TPSA) is 73.1 Å². The molecule has 0 unspecified atom stereocenters. The molecule has 3 rings (SSSR count). The number of carbonyl (C=O) groups is 1. The van der Waals surface area contributed by atoms with Gasteiger partial charge < -0.3 is 14.2 Å². The highest BCUT2D eigenvalue weighted by atomic mass is 16.5. The molecule has 0 saturated heterocycles. The summed E-state index contributed by atoms with van der Waals surface area (Å²) in [4.78, 5) is 26.9. The van der Waals surface area contributed by atoms with Crippen molar-refractivity contribution in [3.63, 3.8) is 0 Å². The van der Waals surface area contributed by atoms with Crippen LogP contribution in [0.5, 0.6) is 0 Å². The summed E-state index contributed by atoms with van der Waals surface area (Å²) in [7, 11) is 0. The molecule has 1 aliphatic heterocycles. The largest absolute Gasteiger partial charge is 0.381 e. The summed E-state index contributed by atoms with van der Waals surface area (Å²) in [6.07, 6.45) is 8.30. The van der Waals surface area contributed by atoms with Crippen LogP contribution in [0, 0.1) is 5.92 Å². The number of rotatable bonds is 4. The van der Waals surface area contributed by atoms with Gasteiger partial charge in [0.1, 0.15) is 11.5 Å². The van der Waals surface area contributed by atoms with Crippen molar-refractivity contribution < 1.29 is 9.53 Å². The molecule has 1 atom stereocenters. The van der Waals surface area contributed by atoms with Crippen molar-refractivity contribution in [1.82, 2.24) is 24.4 Å². The molecule has 0 N–H and O–H groups in total. The average Bonchev–Trinajstić information content (AvgIpc) is 2.91. The monoisotopic (exact) mass is 301 g/mol. The van der Waals surface area contributed by atoms with Crippen LogP contribution in [0.4, 0.5) is 0 Å². The van der Waals surface area contributed by atoms with Gasteiger partial charge in [-0.25, -0.2) is 9.97 Å². The molecule has 1 aliphatic rings. The maximum atomic E-state index is 12.6. The van der Waals surface area contributed by atoms with Crippen molar-refractivity contribution in [3.8, 4) is 0 Å². The molecule has 3 heterocycles. The van der Waals surface area contributed by atoms with E-state index in [4.69, 9.17) is 4.74 Å². The Bertz CT molecular complexity index is 628. The minimum Gasteiger partial charge on any atom is -0.381 e. The fourth-order valence-corrected chi connectivity index (χ4v) is 2.66. The minimum atomic E-state index is -0.119. The summed E-state index contributed by atoms with van der Waals surface area (Å²) in [6, 6.07) is 0. The van der Waals surface area contributed by atoms with Crippen LogP contribution in [0.3, 0.4) is 0 Å². The molecular weight excluding hydrogens is 282 g/mol. The van der Waals surface area contributed by atoms with E-state index in [1.54, 1.807) is 17.3 Å². The zero-order chi connectivity index (χ0) is 15.4. The Morgan fingerprint density at radius 2 is 2.23 bits per heavy atom. The van der Waals surface area contributed by atoms with Crippen LogP contribution in [0.15, 0.2) is 31.0 Å². The predicted octanol–water partition coefficient (Wildman–Crippen LogP) is 0.982. The van der Waals surface area contributed by atoms with Crippen molar-refractivity contribution in [2.75, 3.05) is 19.8 Å². The summed E-state index contributed by atoms with van der Waals surface area (Å²) in [5, 5.41) is 0. The Kier molecular flexibility index (Phi) is 4.43. The first-order chi connectivity index (χ1) is 10.8. The zero-order valence-corrected chi connectivity index (χ0v) is 12.6. The molecule has 0 saturated carbocycles. The molecule has 1 amide bonds. The van der Waals surface area contributed by atoms with Crippen LogP contribution in [-0.4, -0.2) is 50.1 Å². The number of imidazole rings is 1. The molecule has 0 aromatic carbocycles. The van der Waals surface area contributed by atoms with Gasteiger partial charge in [-0.15, -0.1) is 0 Å². The molecule has 0 fully saturated rings. The van der Waals surface area contributed by atoms with E-state index in [9.17, 15) is 4.79 Å². The maximum Gasteiger partial charge on any atom is 0.274 e. The molecule has 7 nitrogen and oxygen atoms in total. The summed E-state index contributed by atoms with van der Waals surface area (Å²) in [5.41, 5.74) is 0.359. The van der Waals surface area contributed by atoms with Crippen LogP contribution in [0.2, 0.25) is 0 Å². The number of nitrogens with zero attached hydrogens (tertiary/aromatic N) is 5. The molecule has 0 bridgehead atoms. The number of hydrogen-bond donors (Lipinski definition) is 0. The van der Waals surface area contributed by atoms with Crippen LogP contribution < -0.4 is 0 Å². The van der Waals surface area contributed by atoms with E-state index >= 15 is 0 Å². The molecule has 2 aromatic heterocycles. The normalized spacial score (nSPS) is 17.9. The van der Waals surface area contributed by atoms with Gasteiger partial charge in [0.15, 0.2) is 0 Å². The Hall–Kier alpha value is -2.28. The Morgan fingerprint density at radius 3 is 3.00 bits per heavy atom. The van der Waals surface area contributed by atoms with E-state index in [0.29, 0.717) is 32.0 Å². The average molecular weight is 301 g/mol. The first-order valence-electron chi connectivity index (χ1n) is 7.41. The van der Waals surface area contributed by atoms with Crippen molar-refractivity contribution >= 4 is 5.91 Å². The van der Waals surface area contributed by atoms with Gasteiger partial charge in [0, 0.05) is 50.4 Å². The summed E-state index contributed by atoms with van der Waals surface area (Å²) in [5.74, 6) is 0.998. The number of carbonyl (C=O) groups excluding carboxylic acids is 1. The number of hydrogen-bond acceptors (Lipinski definition) is 5. The van der Waals surface area contributed by atoms with Crippen molar-refractivity contribution in [3.05, 3.63) is 42.5 Å². The first-order valence-corrected chi connectivity index (χ1v) is 7.41. The second-order valence-electron chi connectivity index (χ2n) is 5.30. The van der Waals surface area contributed by atoms with Crippen molar-refractivity contribution in [2.24, 2.45) is 5.92 Å². The van der Waals surface area contributed by atoms with Gasteiger partial charge in [-0.05, 0) is 6.92 Å². The smallest absolute Gasteiger partial charge is 0.274 e. The molecule has 0 radical (unpaired) electrons. The third-order valence-electron chi connectivity index (χ3n) is 3.69. The van der Waals surface area contributed by atoms with E-state index < -0.39 is 0 Å². The molecule has 22 heavy (non-hydrogen) atoms. The van der Waals surface area contributed by atoms with Gasteiger partial charge in [-0.3, -0.25) is 9.78 Å². The third-order valence-corrected chi connectivity index (χ3v) is 3.69. The molecule has 7 heteroatoms. The van der Waals surface area contributed by atoms with Crippen molar-refractivity contribution in [2.45, 2.75) is 20.0 Å². The SMILES string of the molecule is CCOC[C@H]1CN(C(=O)c2cnccn2)Cc2nccn2C1. The quantitative estimate of drug-likeness (QED) is 0.841. The van der Waals surface area contributed by atoms with Gasteiger partial charge in [-0.1, -0.05) is 0 Å². The first kappa shape index (κ1) is 14.6. The lowest BCUT2D eigenvalue weighted by Crippen LogP contribution is -2.36. The second-order valence-corrected chi connectivity index (χ2v) is 5.30. The van der Waals surface area contributed by atoms with Gasteiger partial charge in [-0.2, -0.15) is 0 Å². The highest BCUT2D eigenvalue weighted by molar-refractivity contribution is 5.91. The Balaban J connectivity index is 1.82. The fourth-order valence-electron chi connectivity index (χ4n) is 2.66. The van der Waals surface area contributed by atoms with Crippen LogP contribution >= 0.6 is 0 Å². The molecule has 0 spiro atoms. The lowest BCUT2D eigenvalue weighted by atomic mass is 10.1. The highest BCUT2D eigenvalue weighted by Gasteiger charge is 2.27. The Morgan fingerprint density at radius 1 is 1.32 bits per heavy atom. The third kappa shape index (κ3) is 3.14. The van der Waals surface area contributed by atoms with Gasteiger partial charge in [0.25, 0.3) is 5.91 Å². The van der Waals surface area contributed by atoms with Crippen LogP contribution in [-0.2, 0) is 17.8 Å². The maximum absolute atomic E-state index is 12.6. The standard InChI is InChI=1S/C15H19N5O2/c1-2-22-11-12-8-19-6-5-18-14(19)10-20(9-12)15(21)13-7-16-3-4-17-13/h3-7,12H,2,8-11H2,1H3/t12-/m1/s1. The fraction of sp³-hybridized carbons (Fsp3) is 0.467. The predicted molar refractivity (Wildman–Crippen MR) is 79.0 cm³/mol. The number of fused-ring (bicyclic) bond motifs is 1. The van der Waals surface area contributed by atoms with Crippen molar-refractivity contribution in [1.29, 1.82) is 0 Å². The lowest BCUT2D eigenvalue weighted by molar-refractivity contribution is 0.0613. The van der Waals surface area contributed by atoms with Crippen LogP contribution in [0.1, 0.15) is 23.2 Å². The summed E-state index contributed by atoms with van der Waals surface area (Å²) < 4.78 is 7.65. The Labute approximate surface area is 129 Å². The zero-order valence-electron chi connectivity index (χ0n) is 12.6. The van der Waals surface area contributed by atoms with E-state index in [2.05, 4.69) is 19.5 Å². The van der Waals surface area contributed by atoms with Gasteiger partial charge in [0.05, 0.1) is 19.3 Å².